The maximum Gasteiger partial charge on any atom is 0.261 e. The lowest BCUT2D eigenvalue weighted by molar-refractivity contribution is -0.158. The summed E-state index contributed by atoms with van der Waals surface area (Å²) in [7, 11) is 0. The van der Waals surface area contributed by atoms with Crippen molar-refractivity contribution in [3.63, 3.8) is 0 Å². The minimum Gasteiger partial charge on any atom is -0.354 e. The molecule has 4 rings (SSSR count). The van der Waals surface area contributed by atoms with Gasteiger partial charge in [-0.25, -0.2) is 8.78 Å². The molecule has 2 aliphatic rings. The third-order valence-electron chi connectivity index (χ3n) is 5.38. The number of rotatable bonds is 5. The molecule has 0 radical (unpaired) electrons. The maximum atomic E-state index is 13.6. The van der Waals surface area contributed by atoms with E-state index in [9.17, 15) is 23.2 Å². The van der Waals surface area contributed by atoms with E-state index in [-0.39, 0.29) is 13.1 Å². The molecule has 7 heteroatoms. The van der Waals surface area contributed by atoms with Gasteiger partial charge in [-0.05, 0) is 17.7 Å². The third-order valence-corrected chi connectivity index (χ3v) is 5.38. The van der Waals surface area contributed by atoms with Gasteiger partial charge in [0.2, 0.25) is 5.91 Å². The quantitative estimate of drug-likeness (QED) is 0.807. The van der Waals surface area contributed by atoms with Crippen LogP contribution in [-0.4, -0.2) is 41.6 Å². The van der Waals surface area contributed by atoms with Gasteiger partial charge >= 0.3 is 0 Å². The number of carbonyl (C=O) groups is 3. The largest absolute Gasteiger partial charge is 0.354 e. The Balaban J connectivity index is 1.43. The highest BCUT2D eigenvalue weighted by atomic mass is 19.3. The normalized spacial score (nSPS) is 19.1. The Labute approximate surface area is 160 Å². The zero-order valence-electron chi connectivity index (χ0n) is 15.0. The highest BCUT2D eigenvalue weighted by Gasteiger charge is 2.61. The second-order valence-electron chi connectivity index (χ2n) is 7.22. The minimum atomic E-state index is -2.88. The fourth-order valence-electron chi connectivity index (χ4n) is 3.98. The first kappa shape index (κ1) is 18.3. The number of nitrogens with one attached hydrogen (secondary N) is 1. The van der Waals surface area contributed by atoms with Crippen molar-refractivity contribution in [2.24, 2.45) is 0 Å². The van der Waals surface area contributed by atoms with Crippen molar-refractivity contribution >= 4 is 17.7 Å². The Hall–Kier alpha value is -3.09. The summed E-state index contributed by atoms with van der Waals surface area (Å²) in [5, 5.41) is 2.64. The molecule has 0 bridgehead atoms. The molecule has 0 unspecified atom stereocenters. The Morgan fingerprint density at radius 3 is 2.00 bits per heavy atom. The van der Waals surface area contributed by atoms with Crippen molar-refractivity contribution in [2.45, 2.75) is 24.2 Å². The van der Waals surface area contributed by atoms with Crippen LogP contribution in [0.25, 0.3) is 0 Å². The number of alkyl halides is 2. The van der Waals surface area contributed by atoms with Crippen LogP contribution in [0, 0.1) is 0 Å². The molecule has 1 aliphatic carbocycles. The number of hydrogen-bond donors (Lipinski definition) is 1. The summed E-state index contributed by atoms with van der Waals surface area (Å²) in [4.78, 5) is 38.5. The number of amides is 3. The van der Waals surface area contributed by atoms with Crippen LogP contribution in [0.5, 0.6) is 0 Å². The molecule has 1 heterocycles. The zero-order chi connectivity index (χ0) is 19.9. The summed E-state index contributed by atoms with van der Waals surface area (Å²) in [6, 6.07) is 15.0. The van der Waals surface area contributed by atoms with Gasteiger partial charge in [0.1, 0.15) is 0 Å². The van der Waals surface area contributed by atoms with Crippen molar-refractivity contribution in [1.29, 1.82) is 0 Å². The second-order valence-corrected chi connectivity index (χ2v) is 7.22. The molecule has 5 nitrogen and oxygen atoms in total. The van der Waals surface area contributed by atoms with Crippen molar-refractivity contribution in [3.8, 4) is 0 Å². The molecule has 28 heavy (non-hydrogen) atoms. The number of hydrogen-bond acceptors (Lipinski definition) is 3. The zero-order valence-corrected chi connectivity index (χ0v) is 15.0. The molecule has 1 fully saturated rings. The van der Waals surface area contributed by atoms with Gasteiger partial charge in [-0.15, -0.1) is 0 Å². The molecule has 2 aromatic rings. The second kappa shape index (κ2) is 6.51. The molecule has 1 saturated carbocycles. The van der Waals surface area contributed by atoms with Crippen LogP contribution in [0.1, 0.15) is 39.1 Å². The van der Waals surface area contributed by atoms with Crippen molar-refractivity contribution < 1.29 is 23.2 Å². The van der Waals surface area contributed by atoms with Gasteiger partial charge in [0.15, 0.2) is 0 Å². The van der Waals surface area contributed by atoms with E-state index < -0.39 is 41.9 Å². The van der Waals surface area contributed by atoms with E-state index >= 15 is 0 Å². The maximum absolute atomic E-state index is 13.6. The summed E-state index contributed by atoms with van der Waals surface area (Å²) < 4.78 is 27.2. The SMILES string of the molecule is O=C1c2ccccc2C(=O)N1CCNC(=O)C1(c2ccccc2)CC(F)(F)C1. The van der Waals surface area contributed by atoms with Gasteiger partial charge in [-0.3, -0.25) is 19.3 Å². The van der Waals surface area contributed by atoms with Gasteiger partial charge in [0.25, 0.3) is 17.7 Å². The number of fused-ring (bicyclic) bond motifs is 1. The monoisotopic (exact) mass is 384 g/mol. The van der Waals surface area contributed by atoms with Gasteiger partial charge in [0, 0.05) is 25.9 Å². The third kappa shape index (κ3) is 2.87. The van der Waals surface area contributed by atoms with E-state index in [4.69, 9.17) is 0 Å². The van der Waals surface area contributed by atoms with Crippen LogP contribution in [0.15, 0.2) is 54.6 Å². The predicted molar refractivity (Wildman–Crippen MR) is 97.1 cm³/mol. The summed E-state index contributed by atoms with van der Waals surface area (Å²) in [6.45, 7) is -0.0101. The molecule has 1 aliphatic heterocycles. The van der Waals surface area contributed by atoms with Gasteiger partial charge in [-0.2, -0.15) is 0 Å². The fraction of sp³-hybridized carbons (Fsp3) is 0.286. The van der Waals surface area contributed by atoms with E-state index in [2.05, 4.69) is 5.32 Å². The van der Waals surface area contributed by atoms with Crippen LogP contribution in [0.3, 0.4) is 0 Å². The highest BCUT2D eigenvalue weighted by molar-refractivity contribution is 6.21. The van der Waals surface area contributed by atoms with Crippen LogP contribution >= 0.6 is 0 Å². The Kier molecular flexibility index (Phi) is 4.25. The average molecular weight is 384 g/mol. The molecule has 3 amide bonds. The lowest BCUT2D eigenvalue weighted by Crippen LogP contribution is -2.58. The number of carbonyl (C=O) groups excluding carboxylic acids is 3. The van der Waals surface area contributed by atoms with Crippen LogP contribution < -0.4 is 5.32 Å². The minimum absolute atomic E-state index is 0.00442. The van der Waals surface area contributed by atoms with Crippen LogP contribution in [-0.2, 0) is 10.2 Å². The average Bonchev–Trinajstić information content (AvgIpc) is 2.91. The van der Waals surface area contributed by atoms with E-state index in [1.165, 1.54) is 0 Å². The first-order valence-corrected chi connectivity index (χ1v) is 9.01. The van der Waals surface area contributed by atoms with Crippen molar-refractivity contribution in [2.75, 3.05) is 13.1 Å². The molecule has 0 spiro atoms. The van der Waals surface area contributed by atoms with E-state index in [1.54, 1.807) is 54.6 Å². The number of benzene rings is 2. The lowest BCUT2D eigenvalue weighted by Gasteiger charge is -2.46. The smallest absolute Gasteiger partial charge is 0.261 e. The summed E-state index contributed by atoms with van der Waals surface area (Å²) in [5.41, 5.74) is -0.0807. The van der Waals surface area contributed by atoms with Gasteiger partial charge in [0.05, 0.1) is 16.5 Å². The number of imide groups is 1. The summed E-state index contributed by atoms with van der Waals surface area (Å²) >= 11 is 0. The van der Waals surface area contributed by atoms with E-state index in [0.717, 1.165) is 4.90 Å². The Bertz CT molecular complexity index is 916. The molecule has 0 aromatic heterocycles. The number of nitrogens with zero attached hydrogens (tertiary/aromatic N) is 1. The standard InChI is InChI=1S/C21H18F2N2O3/c22-21(23)12-20(13-21,14-6-2-1-3-7-14)19(28)24-10-11-25-17(26)15-8-4-5-9-16(15)18(25)27/h1-9H,10-13H2,(H,24,28). The number of halogens is 2. The molecule has 2 aromatic carbocycles. The highest BCUT2D eigenvalue weighted by Crippen LogP contribution is 2.53. The first-order chi connectivity index (χ1) is 13.3. The predicted octanol–water partition coefficient (Wildman–Crippen LogP) is 2.77. The Morgan fingerprint density at radius 1 is 0.929 bits per heavy atom. The molecule has 144 valence electrons. The van der Waals surface area contributed by atoms with E-state index in [0.29, 0.717) is 16.7 Å². The van der Waals surface area contributed by atoms with Crippen molar-refractivity contribution in [3.05, 3.63) is 71.3 Å². The molecule has 1 N–H and O–H groups in total. The van der Waals surface area contributed by atoms with Gasteiger partial charge < -0.3 is 5.32 Å². The molecule has 0 saturated heterocycles. The fourth-order valence-corrected chi connectivity index (χ4v) is 3.98. The molecular formula is C21H18F2N2O3. The first-order valence-electron chi connectivity index (χ1n) is 9.01. The van der Waals surface area contributed by atoms with E-state index in [1.807, 2.05) is 0 Å². The summed E-state index contributed by atoms with van der Waals surface area (Å²) in [6.07, 6.45) is -1.11. The lowest BCUT2D eigenvalue weighted by atomic mass is 9.61. The molecular weight excluding hydrogens is 366 g/mol. The van der Waals surface area contributed by atoms with Crippen LogP contribution in [0.4, 0.5) is 8.78 Å². The van der Waals surface area contributed by atoms with Gasteiger partial charge in [-0.1, -0.05) is 42.5 Å². The summed E-state index contributed by atoms with van der Waals surface area (Å²) in [5.74, 6) is -4.22. The van der Waals surface area contributed by atoms with Crippen LogP contribution in [0.2, 0.25) is 0 Å². The Morgan fingerprint density at radius 2 is 1.46 bits per heavy atom. The topological polar surface area (TPSA) is 66.5 Å². The van der Waals surface area contributed by atoms with Crippen molar-refractivity contribution in [1.82, 2.24) is 10.2 Å². The molecule has 0 atom stereocenters.